The fourth-order valence-electron chi connectivity index (χ4n) is 2.90. The number of aromatic nitrogens is 1. The largest absolute Gasteiger partial charge is 0.497 e. The summed E-state index contributed by atoms with van der Waals surface area (Å²) in [7, 11) is 3.12. The lowest BCUT2D eigenvalue weighted by molar-refractivity contribution is -0.115. The van der Waals surface area contributed by atoms with Crippen molar-refractivity contribution in [1.29, 1.82) is 5.26 Å². The molecule has 0 saturated heterocycles. The number of anilines is 3. The van der Waals surface area contributed by atoms with Gasteiger partial charge in [0.25, 0.3) is 5.91 Å². The highest BCUT2D eigenvalue weighted by atomic mass is 16.5. The quantitative estimate of drug-likeness (QED) is 0.545. The molecule has 0 bridgehead atoms. The molecule has 0 fully saturated rings. The minimum atomic E-state index is -0.260. The first-order valence-corrected chi connectivity index (χ1v) is 9.45. The van der Waals surface area contributed by atoms with Crippen LogP contribution in [0.25, 0.3) is 0 Å². The molecular formula is C23H21N5O3. The number of pyridine rings is 1. The van der Waals surface area contributed by atoms with Crippen LogP contribution in [0.1, 0.15) is 21.5 Å². The van der Waals surface area contributed by atoms with Gasteiger partial charge in [0, 0.05) is 19.3 Å². The first-order chi connectivity index (χ1) is 15.0. The molecule has 0 aliphatic rings. The van der Waals surface area contributed by atoms with Crippen molar-refractivity contribution in [3.63, 3.8) is 0 Å². The molecular weight excluding hydrogens is 394 g/mol. The second-order valence-electron chi connectivity index (χ2n) is 6.55. The summed E-state index contributed by atoms with van der Waals surface area (Å²) >= 11 is 0. The lowest BCUT2D eigenvalue weighted by atomic mass is 10.1. The lowest BCUT2D eigenvalue weighted by Crippen LogP contribution is -2.19. The minimum absolute atomic E-state index is 0.161. The zero-order valence-corrected chi connectivity index (χ0v) is 17.1. The Balaban J connectivity index is 1.78. The van der Waals surface area contributed by atoms with Crippen molar-refractivity contribution in [1.82, 2.24) is 10.3 Å². The molecule has 0 unspecified atom stereocenters. The average Bonchev–Trinajstić information content (AvgIpc) is 2.79. The summed E-state index contributed by atoms with van der Waals surface area (Å²) in [5.74, 6) is 0.492. The summed E-state index contributed by atoms with van der Waals surface area (Å²) in [5, 5.41) is 17.8. The van der Waals surface area contributed by atoms with E-state index in [4.69, 9.17) is 4.74 Å². The van der Waals surface area contributed by atoms with Gasteiger partial charge in [-0.3, -0.25) is 9.59 Å². The number of hydrogen-bond donors (Lipinski definition) is 3. The van der Waals surface area contributed by atoms with Gasteiger partial charge < -0.3 is 20.7 Å². The molecule has 0 aliphatic heterocycles. The van der Waals surface area contributed by atoms with Crippen molar-refractivity contribution in [2.75, 3.05) is 24.8 Å². The molecule has 1 heterocycles. The summed E-state index contributed by atoms with van der Waals surface area (Å²) in [4.78, 5) is 28.7. The highest BCUT2D eigenvalue weighted by Gasteiger charge is 2.13. The third-order valence-corrected chi connectivity index (χ3v) is 4.48. The van der Waals surface area contributed by atoms with E-state index >= 15 is 0 Å². The number of carbonyl (C=O) groups is 2. The molecule has 0 saturated carbocycles. The first kappa shape index (κ1) is 21.3. The van der Waals surface area contributed by atoms with Crippen molar-refractivity contribution in [2.45, 2.75) is 6.42 Å². The Morgan fingerprint density at radius 1 is 1.10 bits per heavy atom. The Morgan fingerprint density at radius 3 is 2.52 bits per heavy atom. The second-order valence-corrected chi connectivity index (χ2v) is 6.55. The fraction of sp³-hybridized carbons (Fsp3) is 0.130. The zero-order chi connectivity index (χ0) is 22.2. The summed E-state index contributed by atoms with van der Waals surface area (Å²) in [6.07, 6.45) is 1.53. The van der Waals surface area contributed by atoms with Crippen molar-refractivity contribution in [3.8, 4) is 11.8 Å². The van der Waals surface area contributed by atoms with Crippen LogP contribution in [0, 0.1) is 11.3 Å². The van der Waals surface area contributed by atoms with Crippen LogP contribution >= 0.6 is 0 Å². The number of para-hydroxylation sites is 1. The van der Waals surface area contributed by atoms with E-state index in [9.17, 15) is 14.9 Å². The fourth-order valence-corrected chi connectivity index (χ4v) is 2.90. The summed E-state index contributed by atoms with van der Waals surface area (Å²) in [6.45, 7) is 0. The summed E-state index contributed by atoms with van der Waals surface area (Å²) < 4.78 is 5.12. The Hall–Kier alpha value is -4.38. The molecule has 31 heavy (non-hydrogen) atoms. The number of nitriles is 1. The number of methoxy groups -OCH3 is 1. The number of nitrogens with one attached hydrogen (secondary N) is 3. The van der Waals surface area contributed by atoms with Crippen LogP contribution in [0.5, 0.6) is 5.75 Å². The standard InChI is InChI=1S/C23H21N5O3/c1-25-23(30)18-5-3-4-6-19(18)27-20-12-21(26-14-16(20)13-24)28-22(29)11-15-7-9-17(31-2)10-8-15/h3-10,12,14H,11H2,1-2H3,(H,25,30)(H2,26,27,28,29). The smallest absolute Gasteiger partial charge is 0.253 e. The third kappa shape index (κ3) is 5.36. The molecule has 0 atom stereocenters. The minimum Gasteiger partial charge on any atom is -0.497 e. The van der Waals surface area contributed by atoms with E-state index in [0.717, 1.165) is 5.56 Å². The van der Waals surface area contributed by atoms with Gasteiger partial charge in [0.05, 0.1) is 36.0 Å². The Bertz CT molecular complexity index is 1140. The molecule has 0 spiro atoms. The van der Waals surface area contributed by atoms with Gasteiger partial charge in [0.2, 0.25) is 5.91 Å². The van der Waals surface area contributed by atoms with Crippen LogP contribution in [0.15, 0.2) is 60.8 Å². The predicted molar refractivity (Wildman–Crippen MR) is 117 cm³/mol. The molecule has 8 heteroatoms. The van der Waals surface area contributed by atoms with E-state index < -0.39 is 0 Å². The zero-order valence-electron chi connectivity index (χ0n) is 17.1. The van der Waals surface area contributed by atoms with Gasteiger partial charge >= 0.3 is 0 Å². The average molecular weight is 415 g/mol. The van der Waals surface area contributed by atoms with Crippen molar-refractivity contribution in [2.24, 2.45) is 0 Å². The van der Waals surface area contributed by atoms with Gasteiger partial charge in [-0.25, -0.2) is 4.98 Å². The molecule has 1 aromatic heterocycles. The molecule has 156 valence electrons. The normalized spacial score (nSPS) is 9.97. The SMILES string of the molecule is CNC(=O)c1ccccc1Nc1cc(NC(=O)Cc2ccc(OC)cc2)ncc1C#N. The highest BCUT2D eigenvalue weighted by molar-refractivity contribution is 6.00. The number of rotatable bonds is 7. The second kappa shape index (κ2) is 9.89. The summed E-state index contributed by atoms with van der Waals surface area (Å²) in [5.41, 5.74) is 2.48. The van der Waals surface area contributed by atoms with Gasteiger partial charge in [-0.1, -0.05) is 24.3 Å². The maximum Gasteiger partial charge on any atom is 0.253 e. The molecule has 3 N–H and O–H groups in total. The van der Waals surface area contributed by atoms with Gasteiger partial charge in [-0.05, 0) is 29.8 Å². The van der Waals surface area contributed by atoms with Crippen molar-refractivity contribution in [3.05, 3.63) is 77.5 Å². The third-order valence-electron chi connectivity index (χ3n) is 4.48. The van der Waals surface area contributed by atoms with Gasteiger partial charge in [0.15, 0.2) is 0 Å². The monoisotopic (exact) mass is 415 g/mol. The Kier molecular flexibility index (Phi) is 6.81. The Labute approximate surface area is 179 Å². The number of carbonyl (C=O) groups excluding carboxylic acids is 2. The van der Waals surface area contributed by atoms with Crippen LogP contribution in [0.4, 0.5) is 17.2 Å². The maximum absolute atomic E-state index is 12.4. The number of hydrogen-bond acceptors (Lipinski definition) is 6. The van der Waals surface area contributed by atoms with E-state index in [2.05, 4.69) is 27.0 Å². The van der Waals surface area contributed by atoms with Crippen molar-refractivity contribution >= 4 is 29.0 Å². The molecule has 0 aliphatic carbocycles. The maximum atomic E-state index is 12.4. The topological polar surface area (TPSA) is 116 Å². The molecule has 8 nitrogen and oxygen atoms in total. The molecule has 2 aromatic carbocycles. The number of ether oxygens (including phenoxy) is 1. The van der Waals surface area contributed by atoms with Crippen LogP contribution in [0.2, 0.25) is 0 Å². The molecule has 2 amide bonds. The van der Waals surface area contributed by atoms with E-state index in [1.54, 1.807) is 56.6 Å². The Morgan fingerprint density at radius 2 is 1.84 bits per heavy atom. The van der Waals surface area contributed by atoms with Gasteiger partial charge in [-0.2, -0.15) is 5.26 Å². The van der Waals surface area contributed by atoms with E-state index in [1.165, 1.54) is 6.20 Å². The number of nitrogens with zero attached hydrogens (tertiary/aromatic N) is 2. The first-order valence-electron chi connectivity index (χ1n) is 9.45. The number of benzene rings is 2. The van der Waals surface area contributed by atoms with Crippen LogP contribution < -0.4 is 20.7 Å². The molecule has 3 rings (SSSR count). The van der Waals surface area contributed by atoms with Crippen LogP contribution in [-0.2, 0) is 11.2 Å². The van der Waals surface area contributed by atoms with Gasteiger partial charge in [-0.15, -0.1) is 0 Å². The van der Waals surface area contributed by atoms with Crippen LogP contribution in [-0.4, -0.2) is 31.0 Å². The van der Waals surface area contributed by atoms with Crippen molar-refractivity contribution < 1.29 is 14.3 Å². The summed E-state index contributed by atoms with van der Waals surface area (Å²) in [6, 6.07) is 17.7. The van der Waals surface area contributed by atoms with E-state index in [0.29, 0.717) is 22.7 Å². The highest BCUT2D eigenvalue weighted by Crippen LogP contribution is 2.25. The van der Waals surface area contributed by atoms with Crippen LogP contribution in [0.3, 0.4) is 0 Å². The lowest BCUT2D eigenvalue weighted by Gasteiger charge is -2.13. The van der Waals surface area contributed by atoms with E-state index in [-0.39, 0.29) is 29.6 Å². The molecule has 0 radical (unpaired) electrons. The van der Waals surface area contributed by atoms with Gasteiger partial charge in [0.1, 0.15) is 17.6 Å². The predicted octanol–water partition coefficient (Wildman–Crippen LogP) is 3.25. The molecule has 3 aromatic rings. The number of amides is 2. The van der Waals surface area contributed by atoms with E-state index in [1.807, 2.05) is 12.1 Å².